The predicted molar refractivity (Wildman–Crippen MR) is 121 cm³/mol. The summed E-state index contributed by atoms with van der Waals surface area (Å²) in [7, 11) is 0. The van der Waals surface area contributed by atoms with E-state index in [1.165, 1.54) is 0 Å². The summed E-state index contributed by atoms with van der Waals surface area (Å²) in [4.78, 5) is 43.2. The van der Waals surface area contributed by atoms with E-state index in [-0.39, 0.29) is 17.1 Å². The standard InChI is InChI=1S/C26H26N2O3/c1-17-11-14-23(24(30)15-17)28-18(2)27-22-10-6-9-20(25(22)26(28)31)12-13-21(29)16-19-7-4-3-5-8-19/h3-10,23H,1,11-16H2,2H3. The highest BCUT2D eigenvalue weighted by Crippen LogP contribution is 2.28. The number of aryl methyl sites for hydroxylation is 2. The Kier molecular flexibility index (Phi) is 5.94. The van der Waals surface area contributed by atoms with Crippen LogP contribution < -0.4 is 5.56 Å². The molecule has 0 amide bonds. The molecule has 0 saturated heterocycles. The van der Waals surface area contributed by atoms with Crippen molar-refractivity contribution >= 4 is 22.5 Å². The number of hydrogen-bond donors (Lipinski definition) is 0. The Balaban J connectivity index is 1.64. The number of ketones is 2. The number of benzene rings is 2. The molecule has 5 heteroatoms. The molecule has 1 saturated carbocycles. The third-order valence-electron chi connectivity index (χ3n) is 5.99. The second-order valence-electron chi connectivity index (χ2n) is 8.29. The van der Waals surface area contributed by atoms with Gasteiger partial charge in [0.05, 0.1) is 16.9 Å². The lowest BCUT2D eigenvalue weighted by Gasteiger charge is -2.26. The van der Waals surface area contributed by atoms with Crippen LogP contribution in [0.4, 0.5) is 0 Å². The summed E-state index contributed by atoms with van der Waals surface area (Å²) in [5.74, 6) is 0.684. The van der Waals surface area contributed by atoms with Gasteiger partial charge in [0.2, 0.25) is 0 Å². The molecule has 0 bridgehead atoms. The van der Waals surface area contributed by atoms with Gasteiger partial charge in [-0.1, -0.05) is 54.6 Å². The number of nitrogens with zero attached hydrogens (tertiary/aromatic N) is 2. The molecule has 0 spiro atoms. The minimum Gasteiger partial charge on any atom is -0.299 e. The van der Waals surface area contributed by atoms with E-state index in [4.69, 9.17) is 0 Å². The van der Waals surface area contributed by atoms with Crippen LogP contribution in [-0.4, -0.2) is 21.1 Å². The van der Waals surface area contributed by atoms with E-state index in [2.05, 4.69) is 11.6 Å². The van der Waals surface area contributed by atoms with Crippen molar-refractivity contribution < 1.29 is 9.59 Å². The molecule has 2 aromatic carbocycles. The van der Waals surface area contributed by atoms with Gasteiger partial charge in [0.25, 0.3) is 5.56 Å². The third kappa shape index (κ3) is 4.41. The quantitative estimate of drug-likeness (QED) is 0.564. The van der Waals surface area contributed by atoms with E-state index in [1.807, 2.05) is 48.5 Å². The van der Waals surface area contributed by atoms with E-state index in [1.54, 1.807) is 11.5 Å². The molecule has 5 nitrogen and oxygen atoms in total. The van der Waals surface area contributed by atoms with E-state index in [0.717, 1.165) is 23.1 Å². The van der Waals surface area contributed by atoms with Gasteiger partial charge < -0.3 is 0 Å². The summed E-state index contributed by atoms with van der Waals surface area (Å²) >= 11 is 0. The molecule has 1 fully saturated rings. The summed E-state index contributed by atoms with van der Waals surface area (Å²) in [5.41, 5.74) is 3.12. The maximum Gasteiger partial charge on any atom is 0.262 e. The van der Waals surface area contributed by atoms with Crippen LogP contribution >= 0.6 is 0 Å². The van der Waals surface area contributed by atoms with Crippen LogP contribution in [0.5, 0.6) is 0 Å². The average Bonchev–Trinajstić information content (AvgIpc) is 2.74. The highest BCUT2D eigenvalue weighted by molar-refractivity contribution is 5.87. The Morgan fingerprint density at radius 1 is 1.13 bits per heavy atom. The van der Waals surface area contributed by atoms with Gasteiger partial charge in [-0.05, 0) is 43.4 Å². The normalized spacial score (nSPS) is 16.6. The predicted octanol–water partition coefficient (Wildman–Crippen LogP) is 4.30. The van der Waals surface area contributed by atoms with Crippen LogP contribution in [-0.2, 0) is 22.4 Å². The first kappa shape index (κ1) is 20.9. The van der Waals surface area contributed by atoms with Gasteiger partial charge in [0.1, 0.15) is 11.6 Å². The third-order valence-corrected chi connectivity index (χ3v) is 5.99. The van der Waals surface area contributed by atoms with Crippen molar-refractivity contribution in [2.24, 2.45) is 0 Å². The largest absolute Gasteiger partial charge is 0.299 e. The van der Waals surface area contributed by atoms with Gasteiger partial charge in [-0.2, -0.15) is 0 Å². The van der Waals surface area contributed by atoms with Crippen LogP contribution in [0.2, 0.25) is 0 Å². The molecule has 3 aromatic rings. The van der Waals surface area contributed by atoms with Crippen LogP contribution in [0, 0.1) is 6.92 Å². The molecule has 1 aliphatic carbocycles. The highest BCUT2D eigenvalue weighted by atomic mass is 16.1. The van der Waals surface area contributed by atoms with Crippen molar-refractivity contribution in [3.05, 3.63) is 88.0 Å². The molecular formula is C26H26N2O3. The second kappa shape index (κ2) is 8.80. The SMILES string of the molecule is C=C1CCC(n2c(C)nc3cccc(CCC(=O)Cc4ccccc4)c3c2=O)C(=O)C1. The number of carbonyl (C=O) groups is 2. The van der Waals surface area contributed by atoms with Gasteiger partial charge in [-0.15, -0.1) is 0 Å². The van der Waals surface area contributed by atoms with Crippen LogP contribution in [0.3, 0.4) is 0 Å². The highest BCUT2D eigenvalue weighted by Gasteiger charge is 2.28. The molecule has 1 heterocycles. The number of aromatic nitrogens is 2. The molecule has 1 unspecified atom stereocenters. The van der Waals surface area contributed by atoms with Crippen molar-refractivity contribution in [1.29, 1.82) is 0 Å². The zero-order chi connectivity index (χ0) is 22.0. The Bertz CT molecular complexity index is 1220. The summed E-state index contributed by atoms with van der Waals surface area (Å²) in [6.45, 7) is 5.69. The zero-order valence-electron chi connectivity index (χ0n) is 17.8. The van der Waals surface area contributed by atoms with Crippen molar-refractivity contribution in [3.63, 3.8) is 0 Å². The van der Waals surface area contributed by atoms with Crippen molar-refractivity contribution in [3.8, 4) is 0 Å². The average molecular weight is 415 g/mol. The number of allylic oxidation sites excluding steroid dienone is 1. The molecule has 0 aliphatic heterocycles. The van der Waals surface area contributed by atoms with Crippen LogP contribution in [0.15, 0.2) is 65.5 Å². The molecule has 158 valence electrons. The molecular weight excluding hydrogens is 388 g/mol. The number of carbonyl (C=O) groups excluding carboxylic acids is 2. The minimum absolute atomic E-state index is 0.0121. The first-order chi connectivity index (χ1) is 14.9. The lowest BCUT2D eigenvalue weighted by molar-refractivity contribution is -0.122. The number of hydrogen-bond acceptors (Lipinski definition) is 4. The minimum atomic E-state index is -0.498. The Morgan fingerprint density at radius 2 is 1.90 bits per heavy atom. The lowest BCUT2D eigenvalue weighted by Crippen LogP contribution is -2.35. The fourth-order valence-electron chi connectivity index (χ4n) is 4.41. The van der Waals surface area contributed by atoms with Gasteiger partial charge in [-0.25, -0.2) is 4.98 Å². The number of fused-ring (bicyclic) bond motifs is 1. The van der Waals surface area contributed by atoms with E-state index in [0.29, 0.717) is 48.8 Å². The van der Waals surface area contributed by atoms with Gasteiger partial charge in [0.15, 0.2) is 5.78 Å². The zero-order valence-corrected chi connectivity index (χ0v) is 17.8. The molecule has 1 atom stereocenters. The van der Waals surface area contributed by atoms with E-state index < -0.39 is 6.04 Å². The maximum atomic E-state index is 13.5. The van der Waals surface area contributed by atoms with Crippen LogP contribution in [0.1, 0.15) is 48.7 Å². The fraction of sp³-hybridized carbons (Fsp3) is 0.308. The Hall–Kier alpha value is -3.34. The molecule has 1 aliphatic rings. The number of Topliss-reactive ketones (excluding diaryl/α,β-unsaturated/α-hetero) is 2. The van der Waals surface area contributed by atoms with Gasteiger partial charge in [-0.3, -0.25) is 19.0 Å². The van der Waals surface area contributed by atoms with Crippen molar-refractivity contribution in [2.75, 3.05) is 0 Å². The molecule has 4 rings (SSSR count). The summed E-state index contributed by atoms with van der Waals surface area (Å²) < 4.78 is 1.55. The first-order valence-corrected chi connectivity index (χ1v) is 10.7. The smallest absolute Gasteiger partial charge is 0.262 e. The molecule has 0 radical (unpaired) electrons. The van der Waals surface area contributed by atoms with Crippen molar-refractivity contribution in [1.82, 2.24) is 9.55 Å². The lowest BCUT2D eigenvalue weighted by atomic mass is 9.90. The monoisotopic (exact) mass is 414 g/mol. The topological polar surface area (TPSA) is 69.0 Å². The Labute approximate surface area is 181 Å². The summed E-state index contributed by atoms with van der Waals surface area (Å²) in [5, 5.41) is 0.512. The first-order valence-electron chi connectivity index (χ1n) is 10.7. The van der Waals surface area contributed by atoms with E-state index in [9.17, 15) is 14.4 Å². The summed E-state index contributed by atoms with van der Waals surface area (Å²) in [6.07, 6.45) is 2.82. The van der Waals surface area contributed by atoms with E-state index >= 15 is 0 Å². The molecule has 31 heavy (non-hydrogen) atoms. The van der Waals surface area contributed by atoms with Crippen molar-refractivity contribution in [2.45, 2.75) is 51.5 Å². The maximum absolute atomic E-state index is 13.5. The second-order valence-corrected chi connectivity index (χ2v) is 8.29. The summed E-state index contributed by atoms with van der Waals surface area (Å²) in [6, 6.07) is 14.7. The molecule has 0 N–H and O–H groups in total. The van der Waals surface area contributed by atoms with Gasteiger partial charge in [0, 0.05) is 19.3 Å². The molecule has 1 aromatic heterocycles. The van der Waals surface area contributed by atoms with Gasteiger partial charge >= 0.3 is 0 Å². The number of rotatable bonds is 6. The Morgan fingerprint density at radius 3 is 2.65 bits per heavy atom. The fourth-order valence-corrected chi connectivity index (χ4v) is 4.41. The van der Waals surface area contributed by atoms with Crippen LogP contribution in [0.25, 0.3) is 10.9 Å².